The minimum Gasteiger partial charge on any atom is -0.490 e. The van der Waals surface area contributed by atoms with Gasteiger partial charge >= 0.3 is 0 Å². The third-order valence-electron chi connectivity index (χ3n) is 4.44. The van der Waals surface area contributed by atoms with Gasteiger partial charge in [0.05, 0.1) is 10.2 Å². The number of hydrogen-bond acceptors (Lipinski definition) is 4. The van der Waals surface area contributed by atoms with Gasteiger partial charge in [-0.05, 0) is 84.1 Å². The van der Waals surface area contributed by atoms with Crippen LogP contribution in [0.3, 0.4) is 0 Å². The van der Waals surface area contributed by atoms with E-state index < -0.39 is 0 Å². The number of nitrogens with one attached hydrogen (secondary N) is 1. The van der Waals surface area contributed by atoms with Crippen LogP contribution in [0.15, 0.2) is 36.0 Å². The number of rotatable bonds is 8. The lowest BCUT2D eigenvalue weighted by Crippen LogP contribution is -2.31. The monoisotopic (exact) mass is 590 g/mol. The summed E-state index contributed by atoms with van der Waals surface area (Å²) in [4.78, 5) is 14.2. The Morgan fingerprint density at radius 2 is 1.97 bits per heavy atom. The summed E-state index contributed by atoms with van der Waals surface area (Å²) >= 11 is 19.7. The van der Waals surface area contributed by atoms with Crippen molar-refractivity contribution < 1.29 is 14.3 Å². The first-order chi connectivity index (χ1) is 14.8. The van der Waals surface area contributed by atoms with Gasteiger partial charge in [-0.15, -0.1) is 0 Å². The number of amides is 1. The van der Waals surface area contributed by atoms with Gasteiger partial charge in [0.2, 0.25) is 0 Å². The standard InChI is InChI=1S/C22H21Cl2IN2O3S/c1-3-7-27-21(28)18(26-22(27)31)9-13-8-17(25)20(19(10-13)29-4-2)30-12-14-5-6-15(23)11-16(14)24/h5-6,8-11H,3-4,7,12H2,1-2H3,(H,26,31)/b18-9-. The van der Waals surface area contributed by atoms with Crippen LogP contribution in [0.2, 0.25) is 10.0 Å². The molecule has 0 aliphatic carbocycles. The SMILES string of the molecule is CCCN1C(=O)/C(=C/c2cc(I)c(OCc3ccc(Cl)cc3Cl)c(OCC)c2)NC1=S. The average Bonchev–Trinajstić information content (AvgIpc) is 2.96. The number of hydrogen-bond donors (Lipinski definition) is 1. The minimum absolute atomic E-state index is 0.127. The van der Waals surface area contributed by atoms with Gasteiger partial charge in [-0.1, -0.05) is 36.2 Å². The number of halogens is 3. The molecule has 0 unspecified atom stereocenters. The zero-order valence-corrected chi connectivity index (χ0v) is 21.5. The van der Waals surface area contributed by atoms with Crippen molar-refractivity contribution in [3.05, 3.63) is 60.8 Å². The van der Waals surface area contributed by atoms with Crippen LogP contribution in [0.5, 0.6) is 11.5 Å². The van der Waals surface area contributed by atoms with E-state index in [2.05, 4.69) is 27.9 Å². The third-order valence-corrected chi connectivity index (χ3v) is 6.15. The topological polar surface area (TPSA) is 50.8 Å². The molecule has 1 N–H and O–H groups in total. The number of carbonyl (C=O) groups excluding carboxylic acids is 1. The lowest BCUT2D eigenvalue weighted by Gasteiger charge is -2.15. The Balaban J connectivity index is 1.86. The molecule has 1 aliphatic rings. The fourth-order valence-corrected chi connectivity index (χ4v) is 4.56. The van der Waals surface area contributed by atoms with Gasteiger partial charge in [-0.3, -0.25) is 9.69 Å². The van der Waals surface area contributed by atoms with Gasteiger partial charge in [-0.25, -0.2) is 0 Å². The molecule has 0 atom stereocenters. The summed E-state index contributed by atoms with van der Waals surface area (Å²) in [6.07, 6.45) is 2.60. The number of nitrogens with zero attached hydrogens (tertiary/aromatic N) is 1. The highest BCUT2D eigenvalue weighted by atomic mass is 127. The van der Waals surface area contributed by atoms with Crippen LogP contribution >= 0.6 is 58.0 Å². The number of thiocarbonyl (C=S) groups is 1. The van der Waals surface area contributed by atoms with Gasteiger partial charge in [0.1, 0.15) is 12.3 Å². The molecular formula is C22H21Cl2IN2O3S. The predicted octanol–water partition coefficient (Wildman–Crippen LogP) is 6.04. The van der Waals surface area contributed by atoms with E-state index in [1.165, 1.54) is 0 Å². The van der Waals surface area contributed by atoms with E-state index >= 15 is 0 Å². The fraction of sp³-hybridized carbons (Fsp3) is 0.273. The molecule has 2 aromatic rings. The van der Waals surface area contributed by atoms with E-state index in [9.17, 15) is 4.79 Å². The lowest BCUT2D eigenvalue weighted by molar-refractivity contribution is -0.122. The largest absolute Gasteiger partial charge is 0.490 e. The summed E-state index contributed by atoms with van der Waals surface area (Å²) in [6, 6.07) is 9.06. The highest BCUT2D eigenvalue weighted by Crippen LogP contribution is 2.36. The number of ether oxygens (including phenoxy) is 2. The van der Waals surface area contributed by atoms with E-state index in [1.807, 2.05) is 32.0 Å². The van der Waals surface area contributed by atoms with Crippen LogP contribution in [-0.4, -0.2) is 29.1 Å². The molecule has 0 saturated carbocycles. The fourth-order valence-electron chi connectivity index (χ4n) is 3.03. The molecular weight excluding hydrogens is 570 g/mol. The molecule has 5 nitrogen and oxygen atoms in total. The molecule has 1 aliphatic heterocycles. The molecule has 0 bridgehead atoms. The Hall–Kier alpha value is -1.55. The van der Waals surface area contributed by atoms with Crippen molar-refractivity contribution in [3.63, 3.8) is 0 Å². The van der Waals surface area contributed by atoms with Crippen LogP contribution in [0.25, 0.3) is 6.08 Å². The molecule has 0 aromatic heterocycles. The van der Waals surface area contributed by atoms with Crippen LogP contribution in [0.4, 0.5) is 0 Å². The molecule has 9 heteroatoms. The van der Waals surface area contributed by atoms with Gasteiger partial charge in [0.15, 0.2) is 16.6 Å². The second kappa shape index (κ2) is 10.8. The molecule has 1 amide bonds. The van der Waals surface area contributed by atoms with E-state index in [1.54, 1.807) is 23.1 Å². The number of benzene rings is 2. The first-order valence-electron chi connectivity index (χ1n) is 9.71. The Morgan fingerprint density at radius 3 is 2.65 bits per heavy atom. The van der Waals surface area contributed by atoms with E-state index in [0.29, 0.717) is 45.5 Å². The van der Waals surface area contributed by atoms with Crippen LogP contribution < -0.4 is 14.8 Å². The summed E-state index contributed by atoms with van der Waals surface area (Å²) in [5.74, 6) is 1.08. The van der Waals surface area contributed by atoms with Crippen molar-refractivity contribution in [2.24, 2.45) is 0 Å². The predicted molar refractivity (Wildman–Crippen MR) is 137 cm³/mol. The van der Waals surface area contributed by atoms with Gasteiger partial charge < -0.3 is 14.8 Å². The zero-order chi connectivity index (χ0) is 22.5. The molecule has 3 rings (SSSR count). The van der Waals surface area contributed by atoms with Crippen molar-refractivity contribution in [1.82, 2.24) is 10.2 Å². The molecule has 0 spiro atoms. The van der Waals surface area contributed by atoms with Crippen molar-refractivity contribution in [2.45, 2.75) is 26.9 Å². The Labute approximate surface area is 210 Å². The van der Waals surface area contributed by atoms with Crippen molar-refractivity contribution in [1.29, 1.82) is 0 Å². The maximum Gasteiger partial charge on any atom is 0.276 e. The van der Waals surface area contributed by atoms with Gasteiger partial charge in [0, 0.05) is 22.2 Å². The van der Waals surface area contributed by atoms with E-state index in [-0.39, 0.29) is 12.5 Å². The molecule has 0 radical (unpaired) electrons. The normalized spacial score (nSPS) is 14.9. The van der Waals surface area contributed by atoms with Gasteiger partial charge in [-0.2, -0.15) is 0 Å². The number of carbonyl (C=O) groups is 1. The van der Waals surface area contributed by atoms with E-state index in [4.69, 9.17) is 44.9 Å². The van der Waals surface area contributed by atoms with Crippen LogP contribution in [0, 0.1) is 3.57 Å². The highest BCUT2D eigenvalue weighted by molar-refractivity contribution is 14.1. The highest BCUT2D eigenvalue weighted by Gasteiger charge is 2.29. The van der Waals surface area contributed by atoms with E-state index in [0.717, 1.165) is 21.1 Å². The Kier molecular flexibility index (Phi) is 8.43. The molecule has 1 fully saturated rings. The summed E-state index contributed by atoms with van der Waals surface area (Å²) in [7, 11) is 0. The first-order valence-corrected chi connectivity index (χ1v) is 12.0. The van der Waals surface area contributed by atoms with Crippen molar-refractivity contribution in [2.75, 3.05) is 13.2 Å². The van der Waals surface area contributed by atoms with Crippen LogP contribution in [-0.2, 0) is 11.4 Å². The quantitative estimate of drug-likeness (QED) is 0.231. The average molecular weight is 591 g/mol. The molecule has 1 heterocycles. The molecule has 2 aromatic carbocycles. The van der Waals surface area contributed by atoms with Gasteiger partial charge in [0.25, 0.3) is 5.91 Å². The van der Waals surface area contributed by atoms with Crippen molar-refractivity contribution >= 4 is 75.1 Å². The molecule has 31 heavy (non-hydrogen) atoms. The maximum absolute atomic E-state index is 12.6. The second-order valence-electron chi connectivity index (χ2n) is 6.73. The minimum atomic E-state index is -0.127. The summed E-state index contributed by atoms with van der Waals surface area (Å²) in [5.41, 5.74) is 2.07. The second-order valence-corrected chi connectivity index (χ2v) is 9.12. The Bertz CT molecular complexity index is 1050. The summed E-state index contributed by atoms with van der Waals surface area (Å²) < 4.78 is 12.7. The molecule has 164 valence electrons. The smallest absolute Gasteiger partial charge is 0.276 e. The Morgan fingerprint density at radius 1 is 1.19 bits per heavy atom. The first kappa shape index (κ1) is 24.1. The maximum atomic E-state index is 12.6. The summed E-state index contributed by atoms with van der Waals surface area (Å²) in [5, 5.41) is 4.54. The molecule has 1 saturated heterocycles. The van der Waals surface area contributed by atoms with Crippen molar-refractivity contribution in [3.8, 4) is 11.5 Å². The summed E-state index contributed by atoms with van der Waals surface area (Å²) in [6.45, 7) is 5.24. The third kappa shape index (κ3) is 5.83. The lowest BCUT2D eigenvalue weighted by atomic mass is 10.1. The van der Waals surface area contributed by atoms with Crippen LogP contribution in [0.1, 0.15) is 31.4 Å². The zero-order valence-electron chi connectivity index (χ0n) is 17.0.